The third kappa shape index (κ3) is 2.68. The molecule has 0 unspecified atom stereocenters. The maximum Gasteiger partial charge on any atom is 0.335 e. The van der Waals surface area contributed by atoms with Gasteiger partial charge >= 0.3 is 5.97 Å². The van der Waals surface area contributed by atoms with E-state index in [9.17, 15) is 9.59 Å². The molecule has 2 rings (SSSR count). The fourth-order valence-electron chi connectivity index (χ4n) is 1.98. The Morgan fingerprint density at radius 2 is 2.00 bits per heavy atom. The number of rotatable bonds is 2. The summed E-state index contributed by atoms with van der Waals surface area (Å²) in [7, 11) is 0. The molecule has 1 aliphatic rings. The van der Waals surface area contributed by atoms with Crippen LogP contribution in [0.25, 0.3) is 0 Å². The first kappa shape index (κ1) is 12.6. The summed E-state index contributed by atoms with van der Waals surface area (Å²) >= 11 is 0. The number of ether oxygens (including phenoxy) is 1. The monoisotopic (exact) mass is 249 g/mol. The minimum Gasteiger partial charge on any atom is -0.478 e. The summed E-state index contributed by atoms with van der Waals surface area (Å²) in [5, 5.41) is 8.82. The van der Waals surface area contributed by atoms with E-state index >= 15 is 0 Å². The summed E-state index contributed by atoms with van der Waals surface area (Å²) in [4.78, 5) is 23.8. The maximum atomic E-state index is 11.3. The first-order valence-electron chi connectivity index (χ1n) is 5.78. The predicted molar refractivity (Wildman–Crippen MR) is 64.3 cm³/mol. The SMILES string of the molecule is CC(=O)N1CCO[C@@H](c2ccc(C(=O)O)cc2)C1. The summed E-state index contributed by atoms with van der Waals surface area (Å²) in [6.45, 7) is 3.17. The lowest BCUT2D eigenvalue weighted by molar-refractivity contribution is -0.136. The van der Waals surface area contributed by atoms with Gasteiger partial charge in [-0.25, -0.2) is 4.79 Å². The summed E-state index contributed by atoms with van der Waals surface area (Å²) in [6, 6.07) is 6.57. The van der Waals surface area contributed by atoms with Crippen molar-refractivity contribution < 1.29 is 19.4 Å². The van der Waals surface area contributed by atoms with Gasteiger partial charge in [0.25, 0.3) is 0 Å². The maximum absolute atomic E-state index is 11.3. The summed E-state index contributed by atoms with van der Waals surface area (Å²) < 4.78 is 5.60. The summed E-state index contributed by atoms with van der Waals surface area (Å²) in [5.74, 6) is -0.915. The molecular formula is C13H15NO4. The van der Waals surface area contributed by atoms with E-state index in [2.05, 4.69) is 0 Å². The van der Waals surface area contributed by atoms with Crippen LogP contribution in [-0.2, 0) is 9.53 Å². The van der Waals surface area contributed by atoms with Gasteiger partial charge in [-0.05, 0) is 17.7 Å². The lowest BCUT2D eigenvalue weighted by Gasteiger charge is -2.32. The topological polar surface area (TPSA) is 66.8 Å². The van der Waals surface area contributed by atoms with Gasteiger partial charge in [-0.15, -0.1) is 0 Å². The van der Waals surface area contributed by atoms with Crippen LogP contribution in [0.3, 0.4) is 0 Å². The van der Waals surface area contributed by atoms with E-state index in [1.807, 2.05) is 0 Å². The summed E-state index contributed by atoms with van der Waals surface area (Å²) in [6.07, 6.45) is -0.175. The highest BCUT2D eigenvalue weighted by atomic mass is 16.5. The highest BCUT2D eigenvalue weighted by molar-refractivity contribution is 5.87. The molecule has 1 N–H and O–H groups in total. The number of morpholine rings is 1. The molecule has 18 heavy (non-hydrogen) atoms. The minimum atomic E-state index is -0.948. The van der Waals surface area contributed by atoms with Crippen molar-refractivity contribution in [1.29, 1.82) is 0 Å². The van der Waals surface area contributed by atoms with Gasteiger partial charge in [-0.3, -0.25) is 4.79 Å². The van der Waals surface area contributed by atoms with Crippen molar-refractivity contribution in [3.63, 3.8) is 0 Å². The highest BCUT2D eigenvalue weighted by Crippen LogP contribution is 2.22. The van der Waals surface area contributed by atoms with E-state index < -0.39 is 5.97 Å². The van der Waals surface area contributed by atoms with Gasteiger partial charge in [0.15, 0.2) is 0 Å². The average molecular weight is 249 g/mol. The second-order valence-corrected chi connectivity index (χ2v) is 4.25. The number of hydrogen-bond acceptors (Lipinski definition) is 3. The largest absolute Gasteiger partial charge is 0.478 e. The fourth-order valence-corrected chi connectivity index (χ4v) is 1.98. The number of hydrogen-bond donors (Lipinski definition) is 1. The van der Waals surface area contributed by atoms with Gasteiger partial charge in [-0.2, -0.15) is 0 Å². The second kappa shape index (κ2) is 5.18. The first-order valence-corrected chi connectivity index (χ1v) is 5.78. The van der Waals surface area contributed by atoms with Gasteiger partial charge in [0.2, 0.25) is 5.91 Å². The number of amides is 1. The minimum absolute atomic E-state index is 0.0328. The van der Waals surface area contributed by atoms with E-state index in [-0.39, 0.29) is 17.6 Å². The predicted octanol–water partition coefficient (Wildman–Crippen LogP) is 1.30. The number of aromatic carboxylic acids is 1. The van der Waals surface area contributed by atoms with Crippen LogP contribution in [0.1, 0.15) is 28.9 Å². The third-order valence-electron chi connectivity index (χ3n) is 3.04. The van der Waals surface area contributed by atoms with Crippen LogP contribution in [0.4, 0.5) is 0 Å². The number of carbonyl (C=O) groups excluding carboxylic acids is 1. The Morgan fingerprint density at radius 1 is 1.33 bits per heavy atom. The molecule has 96 valence electrons. The van der Waals surface area contributed by atoms with Crippen molar-refractivity contribution in [2.45, 2.75) is 13.0 Å². The molecule has 5 heteroatoms. The Bertz CT molecular complexity index is 455. The Labute approximate surface area is 105 Å². The van der Waals surface area contributed by atoms with Crippen molar-refractivity contribution in [1.82, 2.24) is 4.90 Å². The lowest BCUT2D eigenvalue weighted by atomic mass is 10.1. The number of carboxylic acid groups (broad SMARTS) is 1. The van der Waals surface area contributed by atoms with E-state index in [1.54, 1.807) is 29.2 Å². The van der Waals surface area contributed by atoms with Crippen molar-refractivity contribution in [3.05, 3.63) is 35.4 Å². The smallest absolute Gasteiger partial charge is 0.335 e. The molecule has 1 saturated heterocycles. The van der Waals surface area contributed by atoms with Crippen molar-refractivity contribution in [2.24, 2.45) is 0 Å². The number of benzene rings is 1. The Morgan fingerprint density at radius 3 is 2.56 bits per heavy atom. The second-order valence-electron chi connectivity index (χ2n) is 4.25. The molecule has 0 saturated carbocycles. The zero-order valence-corrected chi connectivity index (χ0v) is 10.1. The van der Waals surface area contributed by atoms with Crippen LogP contribution in [0, 0.1) is 0 Å². The molecule has 0 radical (unpaired) electrons. The van der Waals surface area contributed by atoms with E-state index in [4.69, 9.17) is 9.84 Å². The fraction of sp³-hybridized carbons (Fsp3) is 0.385. The van der Waals surface area contributed by atoms with E-state index in [0.29, 0.717) is 19.7 Å². The molecule has 0 aliphatic carbocycles. The Kier molecular flexibility index (Phi) is 3.62. The molecule has 1 fully saturated rings. The third-order valence-corrected chi connectivity index (χ3v) is 3.04. The van der Waals surface area contributed by atoms with Gasteiger partial charge in [-0.1, -0.05) is 12.1 Å². The lowest BCUT2D eigenvalue weighted by Crippen LogP contribution is -2.41. The molecule has 0 bridgehead atoms. The first-order chi connectivity index (χ1) is 8.58. The highest BCUT2D eigenvalue weighted by Gasteiger charge is 2.23. The van der Waals surface area contributed by atoms with Crippen LogP contribution in [0.15, 0.2) is 24.3 Å². The van der Waals surface area contributed by atoms with Crippen LogP contribution in [0.2, 0.25) is 0 Å². The number of carboxylic acids is 1. The van der Waals surface area contributed by atoms with Crippen molar-refractivity contribution in [3.8, 4) is 0 Å². The van der Waals surface area contributed by atoms with Crippen molar-refractivity contribution in [2.75, 3.05) is 19.7 Å². The van der Waals surface area contributed by atoms with E-state index in [0.717, 1.165) is 5.56 Å². The van der Waals surface area contributed by atoms with Crippen LogP contribution in [0.5, 0.6) is 0 Å². The number of carbonyl (C=O) groups is 2. The van der Waals surface area contributed by atoms with Gasteiger partial charge in [0.05, 0.1) is 18.7 Å². The molecule has 1 heterocycles. The Hall–Kier alpha value is -1.88. The molecule has 5 nitrogen and oxygen atoms in total. The van der Waals surface area contributed by atoms with Crippen LogP contribution in [-0.4, -0.2) is 41.6 Å². The average Bonchev–Trinajstić information content (AvgIpc) is 2.39. The molecule has 1 aromatic rings. The zero-order chi connectivity index (χ0) is 13.1. The zero-order valence-electron chi connectivity index (χ0n) is 10.1. The molecule has 0 aromatic heterocycles. The van der Waals surface area contributed by atoms with Gasteiger partial charge in [0.1, 0.15) is 6.10 Å². The van der Waals surface area contributed by atoms with E-state index in [1.165, 1.54) is 6.92 Å². The molecule has 1 amide bonds. The van der Waals surface area contributed by atoms with Crippen LogP contribution >= 0.6 is 0 Å². The quantitative estimate of drug-likeness (QED) is 0.858. The normalized spacial score (nSPS) is 19.6. The summed E-state index contributed by atoms with van der Waals surface area (Å²) in [5.41, 5.74) is 1.14. The Balaban J connectivity index is 2.11. The number of nitrogens with zero attached hydrogens (tertiary/aromatic N) is 1. The molecule has 1 aliphatic heterocycles. The molecule has 1 atom stereocenters. The molecular weight excluding hydrogens is 234 g/mol. The molecule has 0 spiro atoms. The molecule has 1 aromatic carbocycles. The van der Waals surface area contributed by atoms with Gasteiger partial charge in [0, 0.05) is 13.5 Å². The van der Waals surface area contributed by atoms with Crippen LogP contribution < -0.4 is 0 Å². The van der Waals surface area contributed by atoms with Crippen molar-refractivity contribution >= 4 is 11.9 Å². The standard InChI is InChI=1S/C13H15NO4/c1-9(15)14-6-7-18-12(8-14)10-2-4-11(5-3-10)13(16)17/h2-5,12H,6-8H2,1H3,(H,16,17)/t12-/m1/s1. The van der Waals surface area contributed by atoms with Gasteiger partial charge < -0.3 is 14.7 Å².